The van der Waals surface area contributed by atoms with E-state index in [4.69, 9.17) is 10.5 Å². The number of ether oxygens (including phenoxy) is 1. The van der Waals surface area contributed by atoms with Crippen molar-refractivity contribution in [3.8, 4) is 0 Å². The minimum absolute atomic E-state index is 0.0455. The van der Waals surface area contributed by atoms with Crippen LogP contribution in [0.25, 0.3) is 0 Å². The molecular weight excluding hydrogens is 258 g/mol. The minimum Gasteiger partial charge on any atom is -0.379 e. The molecule has 0 aliphatic carbocycles. The smallest absolute Gasteiger partial charge is 0.231 e. The van der Waals surface area contributed by atoms with Gasteiger partial charge in [0.2, 0.25) is 11.8 Å². The van der Waals surface area contributed by atoms with E-state index < -0.39 is 0 Å². The maximum Gasteiger partial charge on any atom is 0.231 e. The molecule has 20 heavy (non-hydrogen) atoms. The molecule has 2 rings (SSSR count). The summed E-state index contributed by atoms with van der Waals surface area (Å²) in [6.45, 7) is 0.783. The SMILES string of the molecule is CNC(=O)Cc1ccc(NC(=O)C2COCC2N)cc1. The summed E-state index contributed by atoms with van der Waals surface area (Å²) in [4.78, 5) is 23.2. The van der Waals surface area contributed by atoms with Gasteiger partial charge >= 0.3 is 0 Å². The fourth-order valence-electron chi connectivity index (χ4n) is 2.06. The summed E-state index contributed by atoms with van der Waals surface area (Å²) >= 11 is 0. The van der Waals surface area contributed by atoms with Gasteiger partial charge < -0.3 is 21.1 Å². The molecule has 1 aliphatic heterocycles. The van der Waals surface area contributed by atoms with Gasteiger partial charge in [0.05, 0.1) is 25.6 Å². The maximum absolute atomic E-state index is 12.0. The number of hydrogen-bond donors (Lipinski definition) is 3. The molecule has 1 aromatic carbocycles. The van der Waals surface area contributed by atoms with Gasteiger partial charge in [0.15, 0.2) is 0 Å². The van der Waals surface area contributed by atoms with Gasteiger partial charge in [-0.05, 0) is 17.7 Å². The van der Waals surface area contributed by atoms with Crippen LogP contribution < -0.4 is 16.4 Å². The third kappa shape index (κ3) is 3.55. The molecule has 2 unspecified atom stereocenters. The van der Waals surface area contributed by atoms with E-state index in [9.17, 15) is 9.59 Å². The zero-order valence-electron chi connectivity index (χ0n) is 11.4. The number of hydrogen-bond acceptors (Lipinski definition) is 4. The average Bonchev–Trinajstić information content (AvgIpc) is 2.87. The van der Waals surface area contributed by atoms with E-state index in [0.717, 1.165) is 5.56 Å². The highest BCUT2D eigenvalue weighted by Gasteiger charge is 2.31. The van der Waals surface area contributed by atoms with Crippen molar-refractivity contribution < 1.29 is 14.3 Å². The lowest BCUT2D eigenvalue weighted by Gasteiger charge is -2.13. The Bertz CT molecular complexity index is 487. The molecule has 1 aliphatic rings. The first-order chi connectivity index (χ1) is 9.60. The highest BCUT2D eigenvalue weighted by Crippen LogP contribution is 2.16. The van der Waals surface area contributed by atoms with Crippen LogP contribution in [0.1, 0.15) is 5.56 Å². The Balaban J connectivity index is 1.93. The Morgan fingerprint density at radius 2 is 2.00 bits per heavy atom. The van der Waals surface area contributed by atoms with Crippen LogP contribution in [0.5, 0.6) is 0 Å². The second kappa shape index (κ2) is 6.49. The van der Waals surface area contributed by atoms with Crippen molar-refractivity contribution in [1.29, 1.82) is 0 Å². The molecule has 108 valence electrons. The number of amides is 2. The zero-order chi connectivity index (χ0) is 14.5. The van der Waals surface area contributed by atoms with Crippen molar-refractivity contribution in [2.24, 2.45) is 11.7 Å². The molecule has 0 spiro atoms. The average molecular weight is 277 g/mol. The summed E-state index contributed by atoms with van der Waals surface area (Å²) in [7, 11) is 1.60. The Morgan fingerprint density at radius 3 is 2.55 bits per heavy atom. The molecule has 1 aromatic rings. The van der Waals surface area contributed by atoms with Crippen LogP contribution in [0.4, 0.5) is 5.69 Å². The van der Waals surface area contributed by atoms with Gasteiger partial charge in [-0.2, -0.15) is 0 Å². The molecule has 1 heterocycles. The minimum atomic E-state index is -0.305. The number of carbonyl (C=O) groups excluding carboxylic acids is 2. The van der Waals surface area contributed by atoms with E-state index in [1.165, 1.54) is 0 Å². The molecule has 1 fully saturated rings. The number of nitrogens with one attached hydrogen (secondary N) is 2. The van der Waals surface area contributed by atoms with E-state index in [0.29, 0.717) is 25.3 Å². The summed E-state index contributed by atoms with van der Waals surface area (Å²) in [5.41, 5.74) is 7.38. The van der Waals surface area contributed by atoms with Gasteiger partial charge in [0.25, 0.3) is 0 Å². The van der Waals surface area contributed by atoms with Crippen molar-refractivity contribution in [3.63, 3.8) is 0 Å². The van der Waals surface area contributed by atoms with Gasteiger partial charge in [0, 0.05) is 18.8 Å². The number of carbonyl (C=O) groups is 2. The summed E-state index contributed by atoms with van der Waals surface area (Å²) < 4.78 is 5.17. The molecule has 0 aromatic heterocycles. The first-order valence-electron chi connectivity index (χ1n) is 6.54. The van der Waals surface area contributed by atoms with Crippen molar-refractivity contribution in [2.75, 3.05) is 25.6 Å². The van der Waals surface area contributed by atoms with Crippen molar-refractivity contribution in [2.45, 2.75) is 12.5 Å². The van der Waals surface area contributed by atoms with E-state index in [1.807, 2.05) is 12.1 Å². The van der Waals surface area contributed by atoms with E-state index >= 15 is 0 Å². The Hall–Kier alpha value is -1.92. The lowest BCUT2D eigenvalue weighted by molar-refractivity contribution is -0.120. The standard InChI is InChI=1S/C14H19N3O3/c1-16-13(18)6-9-2-4-10(5-3-9)17-14(19)11-7-20-8-12(11)15/h2-5,11-12H,6-8,15H2,1H3,(H,16,18)(H,17,19). The predicted octanol–water partition coefficient (Wildman–Crippen LogP) is -0.113. The molecular formula is C14H19N3O3. The normalized spacial score (nSPS) is 21.5. The third-order valence-corrected chi connectivity index (χ3v) is 3.33. The molecule has 0 bridgehead atoms. The number of nitrogens with two attached hydrogens (primary N) is 1. The van der Waals surface area contributed by atoms with Crippen LogP contribution in [-0.2, 0) is 20.7 Å². The Morgan fingerprint density at radius 1 is 1.30 bits per heavy atom. The second-order valence-corrected chi connectivity index (χ2v) is 4.84. The highest BCUT2D eigenvalue weighted by atomic mass is 16.5. The van der Waals surface area contributed by atoms with E-state index in [1.54, 1.807) is 19.2 Å². The van der Waals surface area contributed by atoms with Crippen LogP contribution in [0.15, 0.2) is 24.3 Å². The molecule has 0 radical (unpaired) electrons. The monoisotopic (exact) mass is 277 g/mol. The third-order valence-electron chi connectivity index (χ3n) is 3.33. The zero-order valence-corrected chi connectivity index (χ0v) is 11.4. The van der Waals surface area contributed by atoms with Crippen LogP contribution in [-0.4, -0.2) is 38.1 Å². The molecule has 0 saturated carbocycles. The first kappa shape index (κ1) is 14.5. The van der Waals surface area contributed by atoms with Crippen molar-refractivity contribution >= 4 is 17.5 Å². The van der Waals surface area contributed by atoms with Gasteiger partial charge in [0.1, 0.15) is 0 Å². The first-order valence-corrected chi connectivity index (χ1v) is 6.54. The van der Waals surface area contributed by atoms with Gasteiger partial charge in [-0.1, -0.05) is 12.1 Å². The largest absolute Gasteiger partial charge is 0.379 e. The predicted molar refractivity (Wildman–Crippen MR) is 75.1 cm³/mol. The quantitative estimate of drug-likeness (QED) is 0.715. The van der Waals surface area contributed by atoms with Crippen LogP contribution in [0.3, 0.4) is 0 Å². The summed E-state index contributed by atoms with van der Waals surface area (Å²) in [6, 6.07) is 6.93. The van der Waals surface area contributed by atoms with Gasteiger partial charge in [-0.25, -0.2) is 0 Å². The van der Waals surface area contributed by atoms with Crippen LogP contribution in [0.2, 0.25) is 0 Å². The summed E-state index contributed by atoms with van der Waals surface area (Å²) in [5.74, 6) is -0.481. The number of anilines is 1. The number of rotatable bonds is 4. The molecule has 4 N–H and O–H groups in total. The lowest BCUT2D eigenvalue weighted by atomic mass is 10.0. The number of benzene rings is 1. The lowest BCUT2D eigenvalue weighted by Crippen LogP contribution is -2.37. The fraction of sp³-hybridized carbons (Fsp3) is 0.429. The summed E-state index contributed by atoms with van der Waals surface area (Å²) in [6.07, 6.45) is 0.325. The van der Waals surface area contributed by atoms with Crippen LogP contribution in [0, 0.1) is 5.92 Å². The number of likely N-dealkylation sites (N-methyl/N-ethyl adjacent to an activating group) is 1. The van der Waals surface area contributed by atoms with Crippen molar-refractivity contribution in [1.82, 2.24) is 5.32 Å². The highest BCUT2D eigenvalue weighted by molar-refractivity contribution is 5.93. The second-order valence-electron chi connectivity index (χ2n) is 4.84. The Labute approximate surface area is 117 Å². The summed E-state index contributed by atoms with van der Waals surface area (Å²) in [5, 5.41) is 5.38. The van der Waals surface area contributed by atoms with Crippen LogP contribution >= 0.6 is 0 Å². The van der Waals surface area contributed by atoms with Gasteiger partial charge in [-0.3, -0.25) is 9.59 Å². The molecule has 6 nitrogen and oxygen atoms in total. The van der Waals surface area contributed by atoms with E-state index in [2.05, 4.69) is 10.6 Å². The molecule has 1 saturated heterocycles. The Kier molecular flexibility index (Phi) is 4.70. The van der Waals surface area contributed by atoms with Gasteiger partial charge in [-0.15, -0.1) is 0 Å². The fourth-order valence-corrected chi connectivity index (χ4v) is 2.06. The molecule has 2 amide bonds. The molecule has 6 heteroatoms. The molecule has 2 atom stereocenters. The van der Waals surface area contributed by atoms with E-state index in [-0.39, 0.29) is 23.8 Å². The maximum atomic E-state index is 12.0. The van der Waals surface area contributed by atoms with Crippen molar-refractivity contribution in [3.05, 3.63) is 29.8 Å². The topological polar surface area (TPSA) is 93.5 Å².